The van der Waals surface area contributed by atoms with Gasteiger partial charge in [0, 0.05) is 23.4 Å². The zero-order valence-electron chi connectivity index (χ0n) is 16.9. The molecule has 3 heterocycles. The van der Waals surface area contributed by atoms with E-state index in [1.165, 1.54) is 4.68 Å². The summed E-state index contributed by atoms with van der Waals surface area (Å²) >= 11 is 0. The van der Waals surface area contributed by atoms with Crippen LogP contribution in [0.2, 0.25) is 0 Å². The van der Waals surface area contributed by atoms with Crippen LogP contribution >= 0.6 is 0 Å². The summed E-state index contributed by atoms with van der Waals surface area (Å²) in [7, 11) is 0. The van der Waals surface area contributed by atoms with Crippen molar-refractivity contribution in [3.05, 3.63) is 40.6 Å². The predicted octanol–water partition coefficient (Wildman–Crippen LogP) is 2.96. The van der Waals surface area contributed by atoms with Gasteiger partial charge in [0.2, 0.25) is 5.91 Å². The van der Waals surface area contributed by atoms with Crippen LogP contribution in [-0.2, 0) is 11.3 Å². The van der Waals surface area contributed by atoms with Gasteiger partial charge in [-0.25, -0.2) is 18.9 Å². The molecule has 0 saturated carbocycles. The van der Waals surface area contributed by atoms with Crippen molar-refractivity contribution in [2.75, 3.05) is 0 Å². The number of carbonyl (C=O) groups is 1. The van der Waals surface area contributed by atoms with Crippen LogP contribution in [0.4, 0.5) is 0 Å². The van der Waals surface area contributed by atoms with Crippen molar-refractivity contribution in [1.82, 2.24) is 24.1 Å². The third-order valence-electron chi connectivity index (χ3n) is 5.73. The highest BCUT2D eigenvalue weighted by atomic mass is 16.2. The van der Waals surface area contributed by atoms with Gasteiger partial charge in [-0.15, -0.1) is 5.10 Å². The molecule has 0 N–H and O–H groups in total. The average Bonchev–Trinajstić information content (AvgIpc) is 2.97. The van der Waals surface area contributed by atoms with Crippen LogP contribution in [0.15, 0.2) is 29.1 Å². The molecule has 7 nitrogen and oxygen atoms in total. The van der Waals surface area contributed by atoms with Crippen molar-refractivity contribution in [2.24, 2.45) is 0 Å². The van der Waals surface area contributed by atoms with E-state index in [0.29, 0.717) is 11.5 Å². The fourth-order valence-corrected chi connectivity index (χ4v) is 4.34. The topological polar surface area (TPSA) is 72.5 Å². The fourth-order valence-electron chi connectivity index (χ4n) is 4.34. The van der Waals surface area contributed by atoms with E-state index in [2.05, 4.69) is 23.9 Å². The second-order valence-corrected chi connectivity index (χ2v) is 8.17. The smallest absolute Gasteiger partial charge is 0.336 e. The van der Waals surface area contributed by atoms with Gasteiger partial charge >= 0.3 is 5.69 Å². The lowest BCUT2D eigenvalue weighted by atomic mass is 9.97. The summed E-state index contributed by atoms with van der Waals surface area (Å²) in [6.07, 6.45) is 3.14. The van der Waals surface area contributed by atoms with Gasteiger partial charge in [-0.3, -0.25) is 4.79 Å². The SMILES string of the molecule is CC(C)c1nc2ccccc2c2nn(CC(=O)N3[C@H](C)CCC[C@@H]3C)c(=O)n12. The number of carbonyl (C=O) groups excluding carboxylic acids is 1. The summed E-state index contributed by atoms with van der Waals surface area (Å²) in [5.41, 5.74) is 1.06. The predicted molar refractivity (Wildman–Crippen MR) is 108 cm³/mol. The zero-order valence-corrected chi connectivity index (χ0v) is 16.9. The number of likely N-dealkylation sites (tertiary alicyclic amines) is 1. The molecule has 0 spiro atoms. The molecule has 1 saturated heterocycles. The van der Waals surface area contributed by atoms with Crippen LogP contribution in [-0.4, -0.2) is 42.1 Å². The number of rotatable bonds is 3. The van der Waals surface area contributed by atoms with Gasteiger partial charge in [-0.1, -0.05) is 26.0 Å². The first kappa shape index (κ1) is 18.7. The third-order valence-corrected chi connectivity index (χ3v) is 5.73. The minimum absolute atomic E-state index is 0.0406. The molecule has 4 rings (SSSR count). The number of benzene rings is 1. The molecule has 2 aromatic heterocycles. The van der Waals surface area contributed by atoms with Gasteiger partial charge < -0.3 is 4.90 Å². The van der Waals surface area contributed by atoms with Gasteiger partial charge in [0.15, 0.2) is 5.65 Å². The maximum atomic E-state index is 13.1. The van der Waals surface area contributed by atoms with Crippen molar-refractivity contribution in [3.63, 3.8) is 0 Å². The van der Waals surface area contributed by atoms with Crippen molar-refractivity contribution in [3.8, 4) is 0 Å². The molecule has 148 valence electrons. The summed E-state index contributed by atoms with van der Waals surface area (Å²) in [5.74, 6) is 0.672. The van der Waals surface area contributed by atoms with Gasteiger partial charge in [0.1, 0.15) is 12.4 Å². The Balaban J connectivity index is 1.81. The Morgan fingerprint density at radius 1 is 1.18 bits per heavy atom. The van der Waals surface area contributed by atoms with Crippen molar-refractivity contribution in [2.45, 2.75) is 71.5 Å². The summed E-state index contributed by atoms with van der Waals surface area (Å²) in [6.45, 7) is 8.12. The number of hydrogen-bond donors (Lipinski definition) is 0. The van der Waals surface area contributed by atoms with E-state index in [1.54, 1.807) is 4.40 Å². The molecule has 1 aliphatic heterocycles. The first-order chi connectivity index (χ1) is 13.4. The molecular formula is C21H27N5O2. The minimum Gasteiger partial charge on any atom is -0.336 e. The first-order valence-electron chi connectivity index (χ1n) is 10.1. The number of hydrogen-bond acceptors (Lipinski definition) is 4. The summed E-state index contributed by atoms with van der Waals surface area (Å²) < 4.78 is 2.86. The molecular weight excluding hydrogens is 354 g/mol. The van der Waals surface area contributed by atoms with E-state index in [0.717, 1.165) is 30.2 Å². The molecule has 1 amide bonds. The number of amides is 1. The maximum Gasteiger partial charge on any atom is 0.352 e. The number of aromatic nitrogens is 4. The molecule has 0 radical (unpaired) electrons. The monoisotopic (exact) mass is 381 g/mol. The fraction of sp³-hybridized carbons (Fsp3) is 0.524. The Morgan fingerprint density at radius 2 is 1.86 bits per heavy atom. The number of fused-ring (bicyclic) bond motifs is 3. The van der Waals surface area contributed by atoms with Crippen LogP contribution in [0.5, 0.6) is 0 Å². The Hall–Kier alpha value is -2.70. The standard InChI is InChI=1S/C21H27N5O2/c1-13(2)19-22-17-11-6-5-10-16(17)20-23-24(21(28)26(19)20)12-18(27)25-14(3)8-7-9-15(25)4/h5-6,10-11,13-15H,7-9,12H2,1-4H3/t14-,15+. The first-order valence-corrected chi connectivity index (χ1v) is 10.1. The molecule has 1 aliphatic rings. The van der Waals surface area contributed by atoms with E-state index in [1.807, 2.05) is 43.0 Å². The molecule has 1 fully saturated rings. The Kier molecular flexibility index (Phi) is 4.69. The van der Waals surface area contributed by atoms with Crippen LogP contribution in [0, 0.1) is 0 Å². The largest absolute Gasteiger partial charge is 0.352 e. The molecule has 7 heteroatoms. The van der Waals surface area contributed by atoms with E-state index in [4.69, 9.17) is 0 Å². The van der Waals surface area contributed by atoms with Crippen LogP contribution in [0.3, 0.4) is 0 Å². The van der Waals surface area contributed by atoms with Crippen LogP contribution in [0.25, 0.3) is 16.6 Å². The molecule has 28 heavy (non-hydrogen) atoms. The highest BCUT2D eigenvalue weighted by molar-refractivity contribution is 5.91. The van der Waals surface area contributed by atoms with Gasteiger partial charge in [0.25, 0.3) is 0 Å². The van der Waals surface area contributed by atoms with Crippen molar-refractivity contribution in [1.29, 1.82) is 0 Å². The van der Waals surface area contributed by atoms with Gasteiger partial charge in [0.05, 0.1) is 5.52 Å². The lowest BCUT2D eigenvalue weighted by Gasteiger charge is -2.39. The minimum atomic E-state index is -0.303. The van der Waals surface area contributed by atoms with E-state index < -0.39 is 0 Å². The molecule has 1 aromatic carbocycles. The van der Waals surface area contributed by atoms with Crippen LogP contribution in [0.1, 0.15) is 58.7 Å². The second kappa shape index (κ2) is 7.04. The van der Waals surface area contributed by atoms with Crippen molar-refractivity contribution >= 4 is 22.5 Å². The third kappa shape index (κ3) is 2.99. The maximum absolute atomic E-state index is 13.1. The van der Waals surface area contributed by atoms with E-state index in [-0.39, 0.29) is 36.1 Å². The number of nitrogens with zero attached hydrogens (tertiary/aromatic N) is 5. The summed E-state index contributed by atoms with van der Waals surface area (Å²) in [4.78, 5) is 32.7. The quantitative estimate of drug-likeness (QED) is 0.699. The lowest BCUT2D eigenvalue weighted by Crippen LogP contribution is -2.49. The summed E-state index contributed by atoms with van der Waals surface area (Å²) in [5, 5.41) is 5.36. The Morgan fingerprint density at radius 3 is 2.54 bits per heavy atom. The average molecular weight is 381 g/mol. The summed E-state index contributed by atoms with van der Waals surface area (Å²) in [6, 6.07) is 8.05. The lowest BCUT2D eigenvalue weighted by molar-refractivity contribution is -0.138. The van der Waals surface area contributed by atoms with E-state index >= 15 is 0 Å². The Labute approximate surface area is 164 Å². The van der Waals surface area contributed by atoms with Gasteiger partial charge in [-0.05, 0) is 45.2 Å². The number of piperidine rings is 1. The molecule has 3 aromatic rings. The molecule has 0 aliphatic carbocycles. The second-order valence-electron chi connectivity index (χ2n) is 8.17. The Bertz CT molecular complexity index is 1090. The van der Waals surface area contributed by atoms with Gasteiger partial charge in [-0.2, -0.15) is 0 Å². The highest BCUT2D eigenvalue weighted by Gasteiger charge is 2.30. The van der Waals surface area contributed by atoms with Crippen LogP contribution < -0.4 is 5.69 Å². The molecule has 0 unspecified atom stereocenters. The molecule has 0 bridgehead atoms. The van der Waals surface area contributed by atoms with Crippen molar-refractivity contribution < 1.29 is 4.79 Å². The number of para-hydroxylation sites is 1. The highest BCUT2D eigenvalue weighted by Crippen LogP contribution is 2.23. The van der Waals surface area contributed by atoms with E-state index in [9.17, 15) is 9.59 Å². The zero-order chi connectivity index (χ0) is 20.0. The normalized spacial score (nSPS) is 20.4. The molecule has 2 atom stereocenters.